The van der Waals surface area contributed by atoms with E-state index in [1.54, 1.807) is 18.2 Å². The summed E-state index contributed by atoms with van der Waals surface area (Å²) in [4.78, 5) is 0.319. The Labute approximate surface area is 120 Å². The molecular weight excluding hydrogens is 276 g/mol. The van der Waals surface area contributed by atoms with Crippen LogP contribution in [0.3, 0.4) is 0 Å². The smallest absolute Gasteiger partial charge is 0.243 e. The zero-order valence-electron chi connectivity index (χ0n) is 12.0. The Morgan fingerprint density at radius 2 is 2.00 bits per heavy atom. The molecule has 0 unspecified atom stereocenters. The average molecular weight is 298 g/mol. The van der Waals surface area contributed by atoms with Crippen molar-refractivity contribution in [3.8, 4) is 0 Å². The molecule has 1 aromatic carbocycles. The number of benzene rings is 1. The van der Waals surface area contributed by atoms with E-state index in [-0.39, 0.29) is 6.10 Å². The minimum absolute atomic E-state index is 0.180. The molecule has 1 fully saturated rings. The van der Waals surface area contributed by atoms with Gasteiger partial charge in [0.25, 0.3) is 0 Å². The number of piperidine rings is 1. The maximum absolute atomic E-state index is 12.6. The number of sulfonamides is 1. The normalized spacial score (nSPS) is 18.3. The lowest BCUT2D eigenvalue weighted by Crippen LogP contribution is -2.40. The van der Waals surface area contributed by atoms with Crippen molar-refractivity contribution in [2.45, 2.75) is 37.7 Å². The van der Waals surface area contributed by atoms with Gasteiger partial charge >= 0.3 is 0 Å². The third kappa shape index (κ3) is 3.13. The van der Waals surface area contributed by atoms with Gasteiger partial charge in [0.15, 0.2) is 0 Å². The first-order chi connectivity index (χ1) is 9.45. The van der Waals surface area contributed by atoms with Gasteiger partial charge in [-0.25, -0.2) is 8.42 Å². The van der Waals surface area contributed by atoms with Gasteiger partial charge in [0.05, 0.1) is 11.0 Å². The van der Waals surface area contributed by atoms with Gasteiger partial charge in [-0.05, 0) is 50.5 Å². The summed E-state index contributed by atoms with van der Waals surface area (Å²) in [6.07, 6.45) is 1.68. The number of anilines is 1. The lowest BCUT2D eigenvalue weighted by molar-refractivity contribution is 0.0290. The van der Waals surface area contributed by atoms with Gasteiger partial charge < -0.3 is 10.5 Å². The third-order valence-corrected chi connectivity index (χ3v) is 5.58. The molecule has 5 nitrogen and oxygen atoms in total. The van der Waals surface area contributed by atoms with E-state index >= 15 is 0 Å². The summed E-state index contributed by atoms with van der Waals surface area (Å²) >= 11 is 0. The zero-order chi connectivity index (χ0) is 14.8. The van der Waals surface area contributed by atoms with E-state index in [1.165, 1.54) is 4.31 Å². The molecule has 1 aliphatic heterocycles. The molecule has 0 saturated carbocycles. The summed E-state index contributed by atoms with van der Waals surface area (Å²) in [6.45, 7) is 5.47. The Morgan fingerprint density at radius 3 is 2.55 bits per heavy atom. The molecule has 0 aliphatic carbocycles. The van der Waals surface area contributed by atoms with Gasteiger partial charge in [-0.15, -0.1) is 0 Å². The lowest BCUT2D eigenvalue weighted by Gasteiger charge is -2.31. The quantitative estimate of drug-likeness (QED) is 0.860. The zero-order valence-corrected chi connectivity index (χ0v) is 12.8. The third-order valence-electron chi connectivity index (χ3n) is 3.68. The van der Waals surface area contributed by atoms with E-state index in [2.05, 4.69) is 0 Å². The van der Waals surface area contributed by atoms with Crippen LogP contribution < -0.4 is 5.73 Å². The highest BCUT2D eigenvalue weighted by Crippen LogP contribution is 2.24. The number of nitrogens with two attached hydrogens (primary N) is 1. The fraction of sp³-hybridized carbons (Fsp3) is 0.571. The summed E-state index contributed by atoms with van der Waals surface area (Å²) in [5, 5.41) is 0. The highest BCUT2D eigenvalue weighted by atomic mass is 32.2. The highest BCUT2D eigenvalue weighted by Gasteiger charge is 2.29. The molecule has 0 aromatic heterocycles. The molecule has 1 heterocycles. The first-order valence-electron chi connectivity index (χ1n) is 6.93. The standard InChI is InChI=1S/C14H22N2O3S/c1-3-19-12-6-8-16(9-7-12)20(17,18)13-4-5-14(15)11(2)10-13/h4-5,10,12H,3,6-9,15H2,1-2H3. The van der Waals surface area contributed by atoms with Crippen LogP contribution in [-0.4, -0.2) is 38.5 Å². The molecule has 0 spiro atoms. The highest BCUT2D eigenvalue weighted by molar-refractivity contribution is 7.89. The fourth-order valence-corrected chi connectivity index (χ4v) is 3.99. The molecule has 1 aliphatic rings. The Morgan fingerprint density at radius 1 is 1.35 bits per heavy atom. The van der Waals surface area contributed by atoms with Crippen LogP contribution in [0.5, 0.6) is 0 Å². The van der Waals surface area contributed by atoms with Gasteiger partial charge in [-0.1, -0.05) is 0 Å². The summed E-state index contributed by atoms with van der Waals surface area (Å²) in [7, 11) is -3.42. The predicted molar refractivity (Wildman–Crippen MR) is 79.0 cm³/mol. The van der Waals surface area contributed by atoms with Crippen LogP contribution in [0.4, 0.5) is 5.69 Å². The Bertz CT molecular complexity index is 564. The molecule has 2 N–H and O–H groups in total. The maximum atomic E-state index is 12.6. The van der Waals surface area contributed by atoms with Gasteiger partial charge in [-0.3, -0.25) is 0 Å². The Kier molecular flexibility index (Phi) is 4.67. The van der Waals surface area contributed by atoms with E-state index in [1.807, 2.05) is 13.8 Å². The van der Waals surface area contributed by atoms with Crippen molar-refractivity contribution in [1.29, 1.82) is 0 Å². The van der Waals surface area contributed by atoms with E-state index in [0.717, 1.165) is 18.4 Å². The van der Waals surface area contributed by atoms with Crippen molar-refractivity contribution < 1.29 is 13.2 Å². The number of aryl methyl sites for hydroxylation is 1. The second-order valence-corrected chi connectivity index (χ2v) is 7.02. The van der Waals surface area contributed by atoms with E-state index in [0.29, 0.717) is 30.3 Å². The van der Waals surface area contributed by atoms with Crippen LogP contribution in [0, 0.1) is 6.92 Å². The van der Waals surface area contributed by atoms with E-state index < -0.39 is 10.0 Å². The minimum Gasteiger partial charge on any atom is -0.399 e. The van der Waals surface area contributed by atoms with Crippen LogP contribution in [0.2, 0.25) is 0 Å². The largest absolute Gasteiger partial charge is 0.399 e. The van der Waals surface area contributed by atoms with Gasteiger partial charge in [0.2, 0.25) is 10.0 Å². The monoisotopic (exact) mass is 298 g/mol. The number of nitrogens with zero attached hydrogens (tertiary/aromatic N) is 1. The van der Waals surface area contributed by atoms with E-state index in [9.17, 15) is 8.42 Å². The molecule has 0 atom stereocenters. The molecule has 6 heteroatoms. The minimum atomic E-state index is -3.42. The number of hydrogen-bond acceptors (Lipinski definition) is 4. The van der Waals surface area contributed by atoms with Crippen LogP contribution in [0.25, 0.3) is 0 Å². The number of rotatable bonds is 4. The molecule has 2 rings (SSSR count). The molecular formula is C14H22N2O3S. The Hall–Kier alpha value is -1.11. The van der Waals surface area contributed by atoms with Crippen molar-refractivity contribution in [2.24, 2.45) is 0 Å². The molecule has 112 valence electrons. The summed E-state index contributed by atoms with van der Waals surface area (Å²) in [6, 6.07) is 4.86. The van der Waals surface area contributed by atoms with Crippen molar-refractivity contribution >= 4 is 15.7 Å². The topological polar surface area (TPSA) is 72.6 Å². The van der Waals surface area contributed by atoms with Crippen molar-refractivity contribution in [1.82, 2.24) is 4.31 Å². The predicted octanol–water partition coefficient (Wildman–Crippen LogP) is 1.77. The van der Waals surface area contributed by atoms with Gasteiger partial charge in [-0.2, -0.15) is 4.31 Å². The van der Waals surface area contributed by atoms with E-state index in [4.69, 9.17) is 10.5 Å². The number of hydrogen-bond donors (Lipinski definition) is 1. The number of ether oxygens (including phenoxy) is 1. The lowest BCUT2D eigenvalue weighted by atomic mass is 10.1. The number of nitrogen functional groups attached to an aromatic ring is 1. The molecule has 20 heavy (non-hydrogen) atoms. The van der Waals surface area contributed by atoms with Crippen molar-refractivity contribution in [3.63, 3.8) is 0 Å². The van der Waals surface area contributed by atoms with Crippen LogP contribution in [0.1, 0.15) is 25.3 Å². The first kappa shape index (κ1) is 15.3. The molecule has 0 amide bonds. The molecule has 1 aromatic rings. The SMILES string of the molecule is CCOC1CCN(S(=O)(=O)c2ccc(N)c(C)c2)CC1. The average Bonchev–Trinajstić information content (AvgIpc) is 2.43. The summed E-state index contributed by atoms with van der Waals surface area (Å²) in [5.74, 6) is 0. The van der Waals surface area contributed by atoms with Crippen LogP contribution in [0.15, 0.2) is 23.1 Å². The summed E-state index contributed by atoms with van der Waals surface area (Å²) in [5.41, 5.74) is 7.13. The van der Waals surface area contributed by atoms with Crippen LogP contribution >= 0.6 is 0 Å². The van der Waals surface area contributed by atoms with Crippen molar-refractivity contribution in [2.75, 3.05) is 25.4 Å². The summed E-state index contributed by atoms with van der Waals surface area (Å²) < 4.78 is 32.2. The second-order valence-electron chi connectivity index (χ2n) is 5.08. The fourth-order valence-electron chi connectivity index (χ4n) is 2.43. The van der Waals surface area contributed by atoms with Gasteiger partial charge in [0, 0.05) is 25.4 Å². The van der Waals surface area contributed by atoms with Gasteiger partial charge in [0.1, 0.15) is 0 Å². The molecule has 0 bridgehead atoms. The molecule has 1 saturated heterocycles. The second kappa shape index (κ2) is 6.11. The first-order valence-corrected chi connectivity index (χ1v) is 8.37. The maximum Gasteiger partial charge on any atom is 0.243 e. The Balaban J connectivity index is 2.13. The molecule has 0 radical (unpaired) electrons. The van der Waals surface area contributed by atoms with Crippen LogP contribution in [-0.2, 0) is 14.8 Å². The van der Waals surface area contributed by atoms with Crippen molar-refractivity contribution in [3.05, 3.63) is 23.8 Å².